The molecule has 1 N–H and O–H groups in total. The highest BCUT2D eigenvalue weighted by molar-refractivity contribution is 5.34. The molecule has 1 fully saturated rings. The first-order chi connectivity index (χ1) is 9.24. The van der Waals surface area contributed by atoms with Gasteiger partial charge in [-0.2, -0.15) is 0 Å². The van der Waals surface area contributed by atoms with Crippen molar-refractivity contribution < 1.29 is 0 Å². The van der Waals surface area contributed by atoms with Crippen molar-refractivity contribution in [3.05, 3.63) is 17.5 Å². The predicted octanol–water partition coefficient (Wildman–Crippen LogP) is 1.89. The molecular formula is C15H22N4. The number of aromatic nitrogens is 2. The summed E-state index contributed by atoms with van der Waals surface area (Å²) in [6, 6.07) is 0.706. The maximum Gasteiger partial charge on any atom is 0.226 e. The predicted molar refractivity (Wildman–Crippen MR) is 78.0 cm³/mol. The normalized spacial score (nSPS) is 14.2. The number of nitrogens with one attached hydrogen (secondary N) is 1. The summed E-state index contributed by atoms with van der Waals surface area (Å²) in [5.74, 6) is 3.41. The molecule has 1 aliphatic rings. The van der Waals surface area contributed by atoms with Gasteiger partial charge < -0.3 is 10.2 Å². The zero-order valence-electron chi connectivity index (χ0n) is 11.8. The Labute approximate surface area is 115 Å². The van der Waals surface area contributed by atoms with Crippen LogP contribution in [0.2, 0.25) is 0 Å². The van der Waals surface area contributed by atoms with Gasteiger partial charge in [0.15, 0.2) is 0 Å². The molecule has 1 saturated carbocycles. The maximum absolute atomic E-state index is 5.40. The molecule has 4 nitrogen and oxygen atoms in total. The lowest BCUT2D eigenvalue weighted by molar-refractivity contribution is 0.677. The van der Waals surface area contributed by atoms with Crippen molar-refractivity contribution >= 4 is 5.95 Å². The van der Waals surface area contributed by atoms with Crippen molar-refractivity contribution in [2.75, 3.05) is 18.0 Å². The lowest BCUT2D eigenvalue weighted by Gasteiger charge is -2.20. The second kappa shape index (κ2) is 6.53. The van der Waals surface area contributed by atoms with E-state index < -0.39 is 0 Å². The van der Waals surface area contributed by atoms with E-state index in [-0.39, 0.29) is 0 Å². The van der Waals surface area contributed by atoms with Gasteiger partial charge in [0.2, 0.25) is 5.95 Å². The van der Waals surface area contributed by atoms with Gasteiger partial charge in [-0.3, -0.25) is 0 Å². The average Bonchev–Trinajstić information content (AvgIpc) is 3.21. The monoisotopic (exact) mass is 258 g/mol. The smallest absolute Gasteiger partial charge is 0.226 e. The number of rotatable bonds is 7. The van der Waals surface area contributed by atoms with Crippen molar-refractivity contribution in [1.82, 2.24) is 15.3 Å². The molecule has 0 radical (unpaired) electrons. The fourth-order valence-corrected chi connectivity index (χ4v) is 1.98. The second-order valence-corrected chi connectivity index (χ2v) is 5.06. The van der Waals surface area contributed by atoms with Crippen molar-refractivity contribution in [2.45, 2.75) is 45.7 Å². The van der Waals surface area contributed by atoms with Crippen LogP contribution in [-0.2, 0) is 6.54 Å². The molecule has 19 heavy (non-hydrogen) atoms. The maximum atomic E-state index is 5.40. The number of aryl methyl sites for hydroxylation is 1. The summed E-state index contributed by atoms with van der Waals surface area (Å²) in [4.78, 5) is 11.1. The number of nitrogens with zero attached hydrogens (tertiary/aromatic N) is 3. The minimum atomic E-state index is 0.562. The second-order valence-electron chi connectivity index (χ2n) is 5.06. The first-order valence-corrected chi connectivity index (χ1v) is 6.99. The topological polar surface area (TPSA) is 41.1 Å². The van der Waals surface area contributed by atoms with Gasteiger partial charge in [0.1, 0.15) is 0 Å². The molecule has 0 aromatic carbocycles. The number of hydrogen-bond donors (Lipinski definition) is 1. The van der Waals surface area contributed by atoms with Crippen molar-refractivity contribution in [1.29, 1.82) is 0 Å². The SMILES string of the molecule is C#CCN(CCC)c1ncc(CNC2CC2)c(C)n1. The van der Waals surface area contributed by atoms with Crippen LogP contribution in [0.1, 0.15) is 37.4 Å². The number of hydrogen-bond acceptors (Lipinski definition) is 4. The summed E-state index contributed by atoms with van der Waals surface area (Å²) in [7, 11) is 0. The zero-order chi connectivity index (χ0) is 13.7. The van der Waals surface area contributed by atoms with E-state index in [0.717, 1.165) is 31.2 Å². The van der Waals surface area contributed by atoms with Crippen LogP contribution in [0, 0.1) is 19.3 Å². The molecule has 0 spiro atoms. The molecule has 0 saturated heterocycles. The van der Waals surface area contributed by atoms with E-state index in [4.69, 9.17) is 6.42 Å². The van der Waals surface area contributed by atoms with Gasteiger partial charge in [-0.1, -0.05) is 12.8 Å². The lowest BCUT2D eigenvalue weighted by Crippen LogP contribution is -2.27. The van der Waals surface area contributed by atoms with Crippen LogP contribution in [-0.4, -0.2) is 29.1 Å². The van der Waals surface area contributed by atoms with Crippen LogP contribution in [0.5, 0.6) is 0 Å². The third kappa shape index (κ3) is 3.93. The van der Waals surface area contributed by atoms with E-state index in [1.807, 2.05) is 18.0 Å². The Kier molecular flexibility index (Phi) is 4.75. The van der Waals surface area contributed by atoms with E-state index in [0.29, 0.717) is 12.6 Å². The van der Waals surface area contributed by atoms with Crippen molar-refractivity contribution in [3.8, 4) is 12.3 Å². The van der Waals surface area contributed by atoms with E-state index in [2.05, 4.69) is 28.1 Å². The van der Waals surface area contributed by atoms with E-state index >= 15 is 0 Å². The summed E-state index contributed by atoms with van der Waals surface area (Å²) >= 11 is 0. The molecule has 1 aromatic rings. The number of anilines is 1. The molecule has 1 heterocycles. The Bertz CT molecular complexity index is 460. The molecule has 1 aromatic heterocycles. The first-order valence-electron chi connectivity index (χ1n) is 6.99. The van der Waals surface area contributed by atoms with Crippen LogP contribution < -0.4 is 10.2 Å². The first kappa shape index (κ1) is 13.8. The highest BCUT2D eigenvalue weighted by Crippen LogP contribution is 2.20. The summed E-state index contributed by atoms with van der Waals surface area (Å²) in [6.07, 6.45) is 10.9. The quantitative estimate of drug-likeness (QED) is 0.758. The standard InChI is InChI=1S/C15H22N4/c1-4-8-19(9-5-2)15-17-11-13(12(3)18-15)10-16-14-6-7-14/h1,11,14,16H,5-10H2,2-3H3. The van der Waals surface area contributed by atoms with E-state index in [9.17, 15) is 0 Å². The zero-order valence-corrected chi connectivity index (χ0v) is 11.8. The Hall–Kier alpha value is -1.60. The van der Waals surface area contributed by atoms with E-state index in [1.165, 1.54) is 18.4 Å². The van der Waals surface area contributed by atoms with Gasteiger partial charge in [0, 0.05) is 36.6 Å². The molecule has 0 bridgehead atoms. The highest BCUT2D eigenvalue weighted by Gasteiger charge is 2.20. The molecule has 0 atom stereocenters. The van der Waals surface area contributed by atoms with Gasteiger partial charge in [-0.25, -0.2) is 9.97 Å². The van der Waals surface area contributed by atoms with Gasteiger partial charge in [0.25, 0.3) is 0 Å². The largest absolute Gasteiger partial charge is 0.330 e. The van der Waals surface area contributed by atoms with Crippen LogP contribution in [0.3, 0.4) is 0 Å². The molecule has 0 aliphatic heterocycles. The van der Waals surface area contributed by atoms with Crippen LogP contribution in [0.15, 0.2) is 6.20 Å². The molecular weight excluding hydrogens is 236 g/mol. The van der Waals surface area contributed by atoms with Crippen LogP contribution in [0.4, 0.5) is 5.95 Å². The van der Waals surface area contributed by atoms with Crippen LogP contribution in [0.25, 0.3) is 0 Å². The van der Waals surface area contributed by atoms with Crippen LogP contribution >= 0.6 is 0 Å². The minimum absolute atomic E-state index is 0.562. The van der Waals surface area contributed by atoms with Gasteiger partial charge in [0.05, 0.1) is 6.54 Å². The molecule has 0 amide bonds. The van der Waals surface area contributed by atoms with Gasteiger partial charge in [-0.05, 0) is 26.2 Å². The Morgan fingerprint density at radius 2 is 2.32 bits per heavy atom. The third-order valence-electron chi connectivity index (χ3n) is 3.29. The van der Waals surface area contributed by atoms with Gasteiger partial charge >= 0.3 is 0 Å². The fraction of sp³-hybridized carbons (Fsp3) is 0.600. The third-order valence-corrected chi connectivity index (χ3v) is 3.29. The Morgan fingerprint density at radius 1 is 1.53 bits per heavy atom. The highest BCUT2D eigenvalue weighted by atomic mass is 15.2. The average molecular weight is 258 g/mol. The number of terminal acetylenes is 1. The molecule has 102 valence electrons. The van der Waals surface area contributed by atoms with Crippen molar-refractivity contribution in [2.24, 2.45) is 0 Å². The summed E-state index contributed by atoms with van der Waals surface area (Å²) in [5.41, 5.74) is 2.21. The minimum Gasteiger partial charge on any atom is -0.330 e. The Balaban J connectivity index is 2.04. The molecule has 0 unspecified atom stereocenters. The summed E-state index contributed by atoms with van der Waals surface area (Å²) in [5, 5.41) is 3.49. The lowest BCUT2D eigenvalue weighted by atomic mass is 10.2. The fourth-order valence-electron chi connectivity index (χ4n) is 1.98. The summed E-state index contributed by atoms with van der Waals surface area (Å²) < 4.78 is 0. The Morgan fingerprint density at radius 3 is 2.89 bits per heavy atom. The van der Waals surface area contributed by atoms with Gasteiger partial charge in [-0.15, -0.1) is 6.42 Å². The summed E-state index contributed by atoms with van der Waals surface area (Å²) in [6.45, 7) is 6.48. The molecule has 1 aliphatic carbocycles. The van der Waals surface area contributed by atoms with E-state index in [1.54, 1.807) is 0 Å². The molecule has 4 heteroatoms. The molecule has 2 rings (SSSR count). The van der Waals surface area contributed by atoms with Crippen molar-refractivity contribution in [3.63, 3.8) is 0 Å².